The minimum absolute atomic E-state index is 0.0726. The Morgan fingerprint density at radius 3 is 2.50 bits per heavy atom. The van der Waals surface area contributed by atoms with E-state index in [0.717, 1.165) is 6.07 Å². The van der Waals surface area contributed by atoms with Crippen LogP contribution in [0, 0.1) is 17.0 Å². The van der Waals surface area contributed by atoms with E-state index in [1.54, 1.807) is 20.8 Å². The second-order valence-electron chi connectivity index (χ2n) is 8.25. The van der Waals surface area contributed by atoms with Crippen molar-refractivity contribution in [2.75, 3.05) is 19.7 Å². The lowest BCUT2D eigenvalue weighted by atomic mass is 9.48. The number of amides is 1. The summed E-state index contributed by atoms with van der Waals surface area (Å²) in [5, 5.41) is 9.76. The molecular formula is C18H23F2NO3. The van der Waals surface area contributed by atoms with Gasteiger partial charge in [0.05, 0.1) is 6.61 Å². The van der Waals surface area contributed by atoms with Crippen molar-refractivity contribution in [3.8, 4) is 0 Å². The number of halogens is 2. The Morgan fingerprint density at radius 1 is 1.29 bits per heavy atom. The fraction of sp³-hybridized carbons (Fsp3) is 0.611. The van der Waals surface area contributed by atoms with Crippen molar-refractivity contribution in [3.05, 3.63) is 35.4 Å². The predicted octanol–water partition coefficient (Wildman–Crippen LogP) is 3.23. The summed E-state index contributed by atoms with van der Waals surface area (Å²) in [6.07, 6.45) is 0.697. The molecule has 1 N–H and O–H groups in total. The van der Waals surface area contributed by atoms with Gasteiger partial charge in [-0.05, 0) is 45.2 Å². The Bertz CT molecular complexity index is 663. The maximum atomic E-state index is 14.3. The largest absolute Gasteiger partial charge is 0.444 e. The molecule has 1 aliphatic carbocycles. The van der Waals surface area contributed by atoms with E-state index in [4.69, 9.17) is 4.74 Å². The smallest absolute Gasteiger partial charge is 0.410 e. The zero-order valence-electron chi connectivity index (χ0n) is 14.2. The van der Waals surface area contributed by atoms with Gasteiger partial charge in [0.2, 0.25) is 0 Å². The standard InChI is InChI=1S/C18H23F2NO3/c1-16(2,3)24-15(23)21-9-17(11-22)7-18(8-17,10-21)13-5-4-12(19)6-14(13)20/h4-6,22H,7-11H2,1-3H3. The van der Waals surface area contributed by atoms with Gasteiger partial charge in [-0.25, -0.2) is 13.6 Å². The third-order valence-electron chi connectivity index (χ3n) is 4.94. The highest BCUT2D eigenvalue weighted by Crippen LogP contribution is 2.60. The highest BCUT2D eigenvalue weighted by atomic mass is 19.1. The number of fused-ring (bicyclic) bond motifs is 2. The Balaban J connectivity index is 1.89. The summed E-state index contributed by atoms with van der Waals surface area (Å²) >= 11 is 0. The number of carbonyl (C=O) groups is 1. The molecule has 2 heterocycles. The van der Waals surface area contributed by atoms with Crippen LogP contribution in [0.2, 0.25) is 0 Å². The molecule has 6 heteroatoms. The molecule has 0 aromatic heterocycles. The Labute approximate surface area is 140 Å². The molecule has 0 spiro atoms. The zero-order chi connectivity index (χ0) is 17.8. The minimum Gasteiger partial charge on any atom is -0.444 e. The van der Waals surface area contributed by atoms with Gasteiger partial charge in [-0.2, -0.15) is 0 Å². The van der Waals surface area contributed by atoms with Crippen molar-refractivity contribution in [1.29, 1.82) is 0 Å². The lowest BCUT2D eigenvalue weighted by Gasteiger charge is -2.63. The van der Waals surface area contributed by atoms with Crippen molar-refractivity contribution in [3.63, 3.8) is 0 Å². The van der Waals surface area contributed by atoms with Crippen LogP contribution in [0.3, 0.4) is 0 Å². The van der Waals surface area contributed by atoms with E-state index in [0.29, 0.717) is 31.5 Å². The maximum absolute atomic E-state index is 14.3. The van der Waals surface area contributed by atoms with Crippen LogP contribution in [-0.4, -0.2) is 41.4 Å². The molecule has 2 aliphatic heterocycles. The van der Waals surface area contributed by atoms with Crippen molar-refractivity contribution in [1.82, 2.24) is 4.90 Å². The fourth-order valence-electron chi connectivity index (χ4n) is 4.25. The highest BCUT2D eigenvalue weighted by molar-refractivity contribution is 5.69. The quantitative estimate of drug-likeness (QED) is 0.900. The highest BCUT2D eigenvalue weighted by Gasteiger charge is 2.61. The molecule has 1 aromatic carbocycles. The van der Waals surface area contributed by atoms with E-state index in [2.05, 4.69) is 0 Å². The molecule has 3 aliphatic rings. The van der Waals surface area contributed by atoms with Crippen LogP contribution in [-0.2, 0) is 10.2 Å². The van der Waals surface area contributed by atoms with E-state index >= 15 is 0 Å². The normalized spacial score (nSPS) is 29.2. The molecule has 3 fully saturated rings. The van der Waals surface area contributed by atoms with Gasteiger partial charge in [0.15, 0.2) is 0 Å². The van der Waals surface area contributed by atoms with Gasteiger partial charge in [0.25, 0.3) is 0 Å². The van der Waals surface area contributed by atoms with Gasteiger partial charge in [-0.3, -0.25) is 0 Å². The van der Waals surface area contributed by atoms with Gasteiger partial charge in [0, 0.05) is 30.0 Å². The Kier molecular flexibility index (Phi) is 3.86. The lowest BCUT2D eigenvalue weighted by molar-refractivity contribution is -0.113. The molecular weight excluding hydrogens is 316 g/mol. The fourth-order valence-corrected chi connectivity index (χ4v) is 4.25. The van der Waals surface area contributed by atoms with Crippen LogP contribution in [0.4, 0.5) is 13.6 Å². The summed E-state index contributed by atoms with van der Waals surface area (Å²) in [7, 11) is 0. The summed E-state index contributed by atoms with van der Waals surface area (Å²) < 4.78 is 32.9. The lowest BCUT2D eigenvalue weighted by Crippen LogP contribution is -2.68. The number of piperidine rings is 2. The van der Waals surface area contributed by atoms with Crippen LogP contribution in [0.25, 0.3) is 0 Å². The molecule has 2 saturated heterocycles. The summed E-state index contributed by atoms with van der Waals surface area (Å²) in [6.45, 7) is 5.98. The summed E-state index contributed by atoms with van der Waals surface area (Å²) in [6, 6.07) is 3.55. The molecule has 4 rings (SSSR count). The van der Waals surface area contributed by atoms with Gasteiger partial charge in [0.1, 0.15) is 17.2 Å². The molecule has 0 radical (unpaired) electrons. The summed E-state index contributed by atoms with van der Waals surface area (Å²) in [4.78, 5) is 14.0. The van der Waals surface area contributed by atoms with Gasteiger partial charge in [-0.1, -0.05) is 6.07 Å². The predicted molar refractivity (Wildman–Crippen MR) is 84.6 cm³/mol. The van der Waals surface area contributed by atoms with Crippen molar-refractivity contribution >= 4 is 6.09 Å². The van der Waals surface area contributed by atoms with Crippen molar-refractivity contribution in [2.45, 2.75) is 44.6 Å². The Hall–Kier alpha value is -1.69. The zero-order valence-corrected chi connectivity index (χ0v) is 14.2. The topological polar surface area (TPSA) is 49.8 Å². The van der Waals surface area contributed by atoms with E-state index in [1.165, 1.54) is 17.0 Å². The summed E-state index contributed by atoms with van der Waals surface area (Å²) in [5.41, 5.74) is -1.24. The number of aliphatic hydroxyl groups excluding tert-OH is 1. The molecule has 2 bridgehead atoms. The number of hydrogen-bond donors (Lipinski definition) is 1. The first-order valence-corrected chi connectivity index (χ1v) is 8.13. The molecule has 132 valence electrons. The van der Waals surface area contributed by atoms with Crippen molar-refractivity contribution < 1.29 is 23.4 Å². The number of benzene rings is 1. The van der Waals surface area contributed by atoms with Gasteiger partial charge in [-0.15, -0.1) is 0 Å². The first-order valence-electron chi connectivity index (χ1n) is 8.13. The monoisotopic (exact) mass is 339 g/mol. The second kappa shape index (κ2) is 5.41. The average molecular weight is 339 g/mol. The molecule has 0 atom stereocenters. The number of rotatable bonds is 2. The van der Waals surface area contributed by atoms with Crippen LogP contribution in [0.5, 0.6) is 0 Å². The van der Waals surface area contributed by atoms with Crippen LogP contribution in [0.15, 0.2) is 18.2 Å². The van der Waals surface area contributed by atoms with E-state index < -0.39 is 34.2 Å². The van der Waals surface area contributed by atoms with Crippen molar-refractivity contribution in [2.24, 2.45) is 5.41 Å². The molecule has 4 nitrogen and oxygen atoms in total. The number of ether oxygens (including phenoxy) is 1. The van der Waals surface area contributed by atoms with E-state index in [9.17, 15) is 18.7 Å². The molecule has 1 amide bonds. The first-order chi connectivity index (χ1) is 11.1. The number of hydrogen-bond acceptors (Lipinski definition) is 3. The van der Waals surface area contributed by atoms with Crippen LogP contribution < -0.4 is 0 Å². The average Bonchev–Trinajstić information content (AvgIpc) is 2.44. The third-order valence-corrected chi connectivity index (χ3v) is 4.94. The maximum Gasteiger partial charge on any atom is 0.410 e. The van der Waals surface area contributed by atoms with Crippen LogP contribution in [0.1, 0.15) is 39.2 Å². The van der Waals surface area contributed by atoms with Gasteiger partial charge < -0.3 is 14.7 Å². The van der Waals surface area contributed by atoms with Gasteiger partial charge >= 0.3 is 6.09 Å². The van der Waals surface area contributed by atoms with E-state index in [1.807, 2.05) is 0 Å². The molecule has 24 heavy (non-hydrogen) atoms. The minimum atomic E-state index is -0.626. The van der Waals surface area contributed by atoms with E-state index in [-0.39, 0.29) is 6.61 Å². The third kappa shape index (κ3) is 2.88. The Morgan fingerprint density at radius 2 is 1.96 bits per heavy atom. The molecule has 0 unspecified atom stereocenters. The number of carbonyl (C=O) groups excluding carboxylic acids is 1. The van der Waals surface area contributed by atoms with Crippen LogP contribution >= 0.6 is 0 Å². The first kappa shape index (κ1) is 17.1. The summed E-state index contributed by atoms with van der Waals surface area (Å²) in [5.74, 6) is -1.23. The SMILES string of the molecule is CC(C)(C)OC(=O)N1CC2(CO)CC(c3ccc(F)cc3F)(C1)C2. The second-order valence-corrected chi connectivity index (χ2v) is 8.25. The molecule has 1 aromatic rings. The number of nitrogens with zero attached hydrogens (tertiary/aromatic N) is 1. The number of aliphatic hydroxyl groups is 1. The molecule has 1 saturated carbocycles.